The number of para-hydroxylation sites is 1. The van der Waals surface area contributed by atoms with E-state index >= 15 is 0 Å². The minimum Gasteiger partial charge on any atom is -0.371 e. The summed E-state index contributed by atoms with van der Waals surface area (Å²) in [6, 6.07) is 7.77. The standard InChI is InChI=1S/C12H14NO3P/c14-17-12-4-2-1-3-11(12)13(5-9-7-15-9)6-10-8-16-10/h1-4,9-10H,5-8H2. The molecule has 0 spiro atoms. The predicted molar refractivity (Wildman–Crippen MR) is 65.4 cm³/mol. The second-order valence-electron chi connectivity index (χ2n) is 4.40. The van der Waals surface area contributed by atoms with Crippen molar-refractivity contribution in [2.75, 3.05) is 31.2 Å². The smallest absolute Gasteiger partial charge is 0.194 e. The van der Waals surface area contributed by atoms with Gasteiger partial charge in [-0.05, 0) is 12.1 Å². The molecule has 2 aliphatic rings. The molecule has 0 N–H and O–H groups in total. The summed E-state index contributed by atoms with van der Waals surface area (Å²) >= 11 is 0. The number of nitrogens with zero attached hydrogens (tertiary/aromatic N) is 1. The van der Waals surface area contributed by atoms with Crippen molar-refractivity contribution in [2.45, 2.75) is 12.2 Å². The first-order chi connectivity index (χ1) is 8.36. The van der Waals surface area contributed by atoms with Crippen LogP contribution >= 0.6 is 8.46 Å². The molecule has 0 bridgehead atoms. The van der Waals surface area contributed by atoms with Gasteiger partial charge in [-0.15, -0.1) is 0 Å². The molecule has 2 unspecified atom stereocenters. The van der Waals surface area contributed by atoms with Gasteiger partial charge in [-0.25, -0.2) is 0 Å². The van der Waals surface area contributed by atoms with Crippen molar-refractivity contribution < 1.29 is 14.0 Å². The second-order valence-corrected chi connectivity index (χ2v) is 5.06. The first-order valence-corrected chi connectivity index (χ1v) is 6.58. The van der Waals surface area contributed by atoms with Crippen LogP contribution in [-0.2, 0) is 14.0 Å². The number of epoxide rings is 2. The Morgan fingerprint density at radius 3 is 2.29 bits per heavy atom. The van der Waals surface area contributed by atoms with E-state index in [1.165, 1.54) is 0 Å². The third kappa shape index (κ3) is 2.83. The fourth-order valence-electron chi connectivity index (χ4n) is 1.92. The second kappa shape index (κ2) is 4.73. The van der Waals surface area contributed by atoms with Gasteiger partial charge in [0.15, 0.2) is 8.46 Å². The molecule has 4 nitrogen and oxygen atoms in total. The van der Waals surface area contributed by atoms with E-state index in [2.05, 4.69) is 4.90 Å². The average Bonchev–Trinajstić information content (AvgIpc) is 3.23. The summed E-state index contributed by atoms with van der Waals surface area (Å²) in [5.74, 6) is 0. The largest absolute Gasteiger partial charge is 0.371 e. The molecule has 3 rings (SSSR count). The van der Waals surface area contributed by atoms with Gasteiger partial charge in [0.25, 0.3) is 0 Å². The van der Waals surface area contributed by atoms with E-state index in [1.54, 1.807) is 0 Å². The molecular weight excluding hydrogens is 237 g/mol. The third-order valence-corrected chi connectivity index (χ3v) is 3.55. The average molecular weight is 251 g/mol. The number of ether oxygens (including phenoxy) is 2. The molecule has 0 saturated carbocycles. The Hall–Kier alpha value is -0.960. The number of benzene rings is 1. The van der Waals surface area contributed by atoms with Crippen LogP contribution in [0.15, 0.2) is 24.3 Å². The zero-order valence-corrected chi connectivity index (χ0v) is 10.3. The van der Waals surface area contributed by atoms with Gasteiger partial charge in [0.1, 0.15) is 0 Å². The van der Waals surface area contributed by atoms with E-state index in [0.29, 0.717) is 12.2 Å². The molecule has 0 amide bonds. The molecule has 90 valence electrons. The Morgan fingerprint density at radius 1 is 1.18 bits per heavy atom. The monoisotopic (exact) mass is 251 g/mol. The third-order valence-electron chi connectivity index (χ3n) is 2.97. The quantitative estimate of drug-likeness (QED) is 0.563. The maximum Gasteiger partial charge on any atom is 0.194 e. The highest BCUT2D eigenvalue weighted by Crippen LogP contribution is 2.22. The fourth-order valence-corrected chi connectivity index (χ4v) is 2.37. The molecule has 0 aromatic heterocycles. The molecule has 1 aromatic carbocycles. The number of hydrogen-bond donors (Lipinski definition) is 0. The molecule has 5 heteroatoms. The van der Waals surface area contributed by atoms with Gasteiger partial charge < -0.3 is 14.4 Å². The van der Waals surface area contributed by atoms with E-state index in [0.717, 1.165) is 37.3 Å². The lowest BCUT2D eigenvalue weighted by molar-refractivity contribution is 0.389. The van der Waals surface area contributed by atoms with Gasteiger partial charge >= 0.3 is 0 Å². The summed E-state index contributed by atoms with van der Waals surface area (Å²) in [6.07, 6.45) is 0.648. The number of anilines is 1. The van der Waals surface area contributed by atoms with Gasteiger partial charge in [0, 0.05) is 13.1 Å². The van der Waals surface area contributed by atoms with Crippen molar-refractivity contribution in [2.24, 2.45) is 0 Å². The summed E-state index contributed by atoms with van der Waals surface area (Å²) in [4.78, 5) is 2.22. The fraction of sp³-hybridized carbons (Fsp3) is 0.500. The molecule has 2 heterocycles. The topological polar surface area (TPSA) is 45.4 Å². The number of rotatable bonds is 6. The predicted octanol–water partition coefficient (Wildman–Crippen LogP) is 1.21. The molecule has 17 heavy (non-hydrogen) atoms. The van der Waals surface area contributed by atoms with Crippen molar-refractivity contribution >= 4 is 19.5 Å². The zero-order valence-electron chi connectivity index (χ0n) is 9.41. The highest BCUT2D eigenvalue weighted by Gasteiger charge is 2.31. The Balaban J connectivity index is 1.80. The zero-order chi connectivity index (χ0) is 11.7. The van der Waals surface area contributed by atoms with Crippen LogP contribution in [0.5, 0.6) is 0 Å². The molecule has 2 saturated heterocycles. The Labute approximate surface area is 102 Å². The maximum atomic E-state index is 11.1. The van der Waals surface area contributed by atoms with Crippen molar-refractivity contribution in [3.8, 4) is 0 Å². The summed E-state index contributed by atoms with van der Waals surface area (Å²) < 4.78 is 21.7. The van der Waals surface area contributed by atoms with Crippen LogP contribution in [-0.4, -0.2) is 38.5 Å². The Kier molecular flexibility index (Phi) is 3.10. The molecule has 0 aliphatic carbocycles. The van der Waals surface area contributed by atoms with Crippen molar-refractivity contribution in [3.63, 3.8) is 0 Å². The van der Waals surface area contributed by atoms with Crippen LogP contribution in [0, 0.1) is 0 Å². The number of hydrogen-bond acceptors (Lipinski definition) is 4. The lowest BCUT2D eigenvalue weighted by Gasteiger charge is -2.24. The van der Waals surface area contributed by atoms with E-state index in [-0.39, 0.29) is 8.46 Å². The molecule has 1 aromatic rings. The Bertz CT molecular complexity index is 404. The minimum absolute atomic E-state index is 0.0639. The van der Waals surface area contributed by atoms with Crippen molar-refractivity contribution in [1.29, 1.82) is 0 Å². The summed E-state index contributed by atoms with van der Waals surface area (Å²) in [5.41, 5.74) is 1.02. The van der Waals surface area contributed by atoms with E-state index in [4.69, 9.17) is 9.47 Å². The maximum absolute atomic E-state index is 11.1. The van der Waals surface area contributed by atoms with Gasteiger partial charge in [-0.1, -0.05) is 12.1 Å². The molecule has 2 fully saturated rings. The van der Waals surface area contributed by atoms with Crippen molar-refractivity contribution in [1.82, 2.24) is 0 Å². The van der Waals surface area contributed by atoms with E-state index in [9.17, 15) is 4.57 Å². The highest BCUT2D eigenvalue weighted by molar-refractivity contribution is 7.34. The summed E-state index contributed by atoms with van der Waals surface area (Å²) in [7, 11) is 0.0639. The first-order valence-electron chi connectivity index (χ1n) is 5.77. The van der Waals surface area contributed by atoms with Gasteiger partial charge in [0.2, 0.25) is 0 Å². The van der Waals surface area contributed by atoms with Crippen LogP contribution in [0.1, 0.15) is 0 Å². The minimum atomic E-state index is 0.0639. The lowest BCUT2D eigenvalue weighted by Crippen LogP contribution is -2.33. The van der Waals surface area contributed by atoms with Gasteiger partial charge in [0.05, 0.1) is 36.4 Å². The lowest BCUT2D eigenvalue weighted by atomic mass is 10.2. The molecule has 2 atom stereocenters. The molecule has 2 aliphatic heterocycles. The van der Waals surface area contributed by atoms with Gasteiger partial charge in [-0.3, -0.25) is 4.57 Å². The first kappa shape index (κ1) is 11.1. The molecular formula is C12H14NO3P. The van der Waals surface area contributed by atoms with E-state index in [1.807, 2.05) is 24.3 Å². The SMILES string of the molecule is O=Pc1ccccc1N(CC1CO1)CC1CO1. The van der Waals surface area contributed by atoms with Crippen LogP contribution in [0.4, 0.5) is 5.69 Å². The van der Waals surface area contributed by atoms with Crippen molar-refractivity contribution in [3.05, 3.63) is 24.3 Å². The van der Waals surface area contributed by atoms with E-state index < -0.39 is 0 Å². The molecule has 0 radical (unpaired) electrons. The normalized spacial score (nSPS) is 25.9. The summed E-state index contributed by atoms with van der Waals surface area (Å²) in [6.45, 7) is 3.37. The highest BCUT2D eigenvalue weighted by atomic mass is 31.1. The van der Waals surface area contributed by atoms with Crippen LogP contribution < -0.4 is 10.2 Å². The van der Waals surface area contributed by atoms with Crippen LogP contribution in [0.2, 0.25) is 0 Å². The summed E-state index contributed by atoms with van der Waals surface area (Å²) in [5, 5.41) is 0.828. The van der Waals surface area contributed by atoms with Gasteiger partial charge in [-0.2, -0.15) is 0 Å². The van der Waals surface area contributed by atoms with Crippen LogP contribution in [0.25, 0.3) is 0 Å². The Morgan fingerprint density at radius 2 is 1.76 bits per heavy atom. The van der Waals surface area contributed by atoms with Crippen LogP contribution in [0.3, 0.4) is 0 Å².